The summed E-state index contributed by atoms with van der Waals surface area (Å²) in [4.78, 5) is 12.3. The summed E-state index contributed by atoms with van der Waals surface area (Å²) in [6, 6.07) is 12.1. The van der Waals surface area contributed by atoms with Crippen LogP contribution in [0.25, 0.3) is 10.8 Å². The Bertz CT molecular complexity index is 605. The maximum atomic E-state index is 11.1. The number of hydrogen-bond acceptors (Lipinski definition) is 2. The summed E-state index contributed by atoms with van der Waals surface area (Å²) in [7, 11) is 0. The van der Waals surface area contributed by atoms with Crippen LogP contribution in [0.2, 0.25) is 0 Å². The molecular weight excluding hydrogens is 256 g/mol. The minimum atomic E-state index is -0.784. The molecule has 3 heteroatoms. The van der Waals surface area contributed by atoms with E-state index in [-0.39, 0.29) is 0 Å². The standard InChI is InChI=1S/C16H18O2S/c1-10(2)19-15-6-4-5-12-7-8-13(9-14(12)15)11(3)16(17)18/h4-11H,1-3H3,(H,17,18). The van der Waals surface area contributed by atoms with Gasteiger partial charge in [0.2, 0.25) is 0 Å². The third kappa shape index (κ3) is 3.10. The van der Waals surface area contributed by atoms with Crippen LogP contribution in [0, 0.1) is 0 Å². The van der Waals surface area contributed by atoms with Crippen LogP contribution in [0.1, 0.15) is 32.3 Å². The zero-order valence-corrected chi connectivity index (χ0v) is 12.2. The second-order valence-corrected chi connectivity index (χ2v) is 6.58. The Kier molecular flexibility index (Phi) is 4.15. The first kappa shape index (κ1) is 13.9. The van der Waals surface area contributed by atoms with E-state index < -0.39 is 11.9 Å². The van der Waals surface area contributed by atoms with E-state index >= 15 is 0 Å². The van der Waals surface area contributed by atoms with E-state index in [0.717, 1.165) is 16.3 Å². The van der Waals surface area contributed by atoms with Gasteiger partial charge in [-0.3, -0.25) is 4.79 Å². The highest BCUT2D eigenvalue weighted by atomic mass is 32.2. The van der Waals surface area contributed by atoms with Crippen LogP contribution in [-0.4, -0.2) is 16.3 Å². The zero-order chi connectivity index (χ0) is 14.0. The fraction of sp³-hybridized carbons (Fsp3) is 0.312. The molecule has 2 rings (SSSR count). The molecule has 2 aromatic rings. The van der Waals surface area contributed by atoms with E-state index in [1.54, 1.807) is 6.92 Å². The minimum Gasteiger partial charge on any atom is -0.481 e. The highest BCUT2D eigenvalue weighted by molar-refractivity contribution is 8.00. The van der Waals surface area contributed by atoms with Crippen molar-refractivity contribution in [3.05, 3.63) is 42.0 Å². The number of benzene rings is 2. The first-order valence-corrected chi connectivity index (χ1v) is 7.29. The number of thioether (sulfide) groups is 1. The second kappa shape index (κ2) is 5.66. The molecule has 0 aliphatic carbocycles. The van der Waals surface area contributed by atoms with Crippen LogP contribution >= 0.6 is 11.8 Å². The van der Waals surface area contributed by atoms with Crippen molar-refractivity contribution in [2.75, 3.05) is 0 Å². The van der Waals surface area contributed by atoms with Gasteiger partial charge in [-0.1, -0.05) is 38.1 Å². The third-order valence-corrected chi connectivity index (χ3v) is 4.18. The van der Waals surface area contributed by atoms with Gasteiger partial charge in [0.05, 0.1) is 5.92 Å². The van der Waals surface area contributed by atoms with E-state index in [4.69, 9.17) is 5.11 Å². The molecule has 0 bridgehead atoms. The smallest absolute Gasteiger partial charge is 0.310 e. The van der Waals surface area contributed by atoms with Crippen LogP contribution in [-0.2, 0) is 4.79 Å². The average molecular weight is 274 g/mol. The Morgan fingerprint density at radius 1 is 1.16 bits per heavy atom. The largest absolute Gasteiger partial charge is 0.481 e. The summed E-state index contributed by atoms with van der Waals surface area (Å²) in [5.41, 5.74) is 0.858. The molecule has 0 radical (unpaired) electrons. The molecule has 19 heavy (non-hydrogen) atoms. The van der Waals surface area contributed by atoms with Crippen molar-refractivity contribution >= 4 is 28.5 Å². The topological polar surface area (TPSA) is 37.3 Å². The van der Waals surface area contributed by atoms with Crippen molar-refractivity contribution in [2.45, 2.75) is 36.8 Å². The molecule has 0 heterocycles. The lowest BCUT2D eigenvalue weighted by Crippen LogP contribution is -2.07. The van der Waals surface area contributed by atoms with Crippen molar-refractivity contribution in [1.29, 1.82) is 0 Å². The third-order valence-electron chi connectivity index (χ3n) is 3.10. The molecule has 0 spiro atoms. The summed E-state index contributed by atoms with van der Waals surface area (Å²) in [5, 5.41) is 11.9. The number of carbonyl (C=O) groups is 1. The predicted octanol–water partition coefficient (Wildman–Crippen LogP) is 4.53. The number of carboxylic acid groups (broad SMARTS) is 1. The van der Waals surface area contributed by atoms with Crippen LogP contribution in [0.15, 0.2) is 41.3 Å². The summed E-state index contributed by atoms with van der Waals surface area (Å²) in [6.45, 7) is 6.04. The molecule has 100 valence electrons. The molecular formula is C16H18O2S. The molecule has 2 aromatic carbocycles. The van der Waals surface area contributed by atoms with Crippen LogP contribution in [0.5, 0.6) is 0 Å². The summed E-state index contributed by atoms with van der Waals surface area (Å²) in [6.07, 6.45) is 0. The number of aliphatic carboxylic acids is 1. The van der Waals surface area contributed by atoms with E-state index in [1.165, 1.54) is 4.90 Å². The summed E-state index contributed by atoms with van der Waals surface area (Å²) < 4.78 is 0. The normalized spacial score (nSPS) is 12.8. The molecule has 0 aliphatic rings. The highest BCUT2D eigenvalue weighted by Gasteiger charge is 2.14. The van der Waals surface area contributed by atoms with Crippen molar-refractivity contribution < 1.29 is 9.90 Å². The molecule has 0 aliphatic heterocycles. The van der Waals surface area contributed by atoms with Gasteiger partial charge in [0.1, 0.15) is 0 Å². The van der Waals surface area contributed by atoms with E-state index in [9.17, 15) is 4.79 Å². The van der Waals surface area contributed by atoms with Crippen molar-refractivity contribution in [1.82, 2.24) is 0 Å². The van der Waals surface area contributed by atoms with Crippen molar-refractivity contribution in [3.63, 3.8) is 0 Å². The number of rotatable bonds is 4. The molecule has 0 fully saturated rings. The van der Waals surface area contributed by atoms with Crippen LogP contribution in [0.4, 0.5) is 0 Å². The van der Waals surface area contributed by atoms with Crippen LogP contribution < -0.4 is 0 Å². The van der Waals surface area contributed by atoms with Gasteiger partial charge >= 0.3 is 5.97 Å². The number of carboxylic acids is 1. The maximum absolute atomic E-state index is 11.1. The average Bonchev–Trinajstić information content (AvgIpc) is 2.37. The second-order valence-electron chi connectivity index (χ2n) is 4.96. The monoisotopic (exact) mass is 274 g/mol. The lowest BCUT2D eigenvalue weighted by molar-refractivity contribution is -0.138. The maximum Gasteiger partial charge on any atom is 0.310 e. The van der Waals surface area contributed by atoms with E-state index in [0.29, 0.717) is 5.25 Å². The molecule has 0 saturated carbocycles. The highest BCUT2D eigenvalue weighted by Crippen LogP contribution is 2.32. The number of hydrogen-bond donors (Lipinski definition) is 1. The fourth-order valence-electron chi connectivity index (χ4n) is 2.03. The molecule has 0 amide bonds. The lowest BCUT2D eigenvalue weighted by atomic mass is 9.98. The first-order chi connectivity index (χ1) is 8.99. The SMILES string of the molecule is CC(C)Sc1cccc2ccc(C(C)C(=O)O)cc12. The lowest BCUT2D eigenvalue weighted by Gasteiger charge is -2.12. The summed E-state index contributed by atoms with van der Waals surface area (Å²) in [5.74, 6) is -1.25. The van der Waals surface area contributed by atoms with Gasteiger partial charge < -0.3 is 5.11 Å². The van der Waals surface area contributed by atoms with Crippen LogP contribution in [0.3, 0.4) is 0 Å². The first-order valence-electron chi connectivity index (χ1n) is 6.41. The van der Waals surface area contributed by atoms with E-state index in [2.05, 4.69) is 26.0 Å². The summed E-state index contributed by atoms with van der Waals surface area (Å²) >= 11 is 1.81. The Morgan fingerprint density at radius 3 is 2.53 bits per heavy atom. The van der Waals surface area contributed by atoms with Crippen molar-refractivity contribution in [2.24, 2.45) is 0 Å². The van der Waals surface area contributed by atoms with Gasteiger partial charge in [-0.15, -0.1) is 11.8 Å². The van der Waals surface area contributed by atoms with Gasteiger partial charge in [0.25, 0.3) is 0 Å². The minimum absolute atomic E-state index is 0.471. The fourth-order valence-corrected chi connectivity index (χ4v) is 3.00. The molecule has 2 nitrogen and oxygen atoms in total. The van der Waals surface area contributed by atoms with E-state index in [1.807, 2.05) is 36.0 Å². The molecule has 0 aromatic heterocycles. The molecule has 1 atom stereocenters. The zero-order valence-electron chi connectivity index (χ0n) is 11.4. The molecule has 0 saturated heterocycles. The van der Waals surface area contributed by atoms with Gasteiger partial charge in [0, 0.05) is 10.1 Å². The van der Waals surface area contributed by atoms with Gasteiger partial charge in [-0.25, -0.2) is 0 Å². The van der Waals surface area contributed by atoms with Gasteiger partial charge in [0.15, 0.2) is 0 Å². The predicted molar refractivity (Wildman–Crippen MR) is 81.0 cm³/mol. The molecule has 1 N–H and O–H groups in total. The Morgan fingerprint density at radius 2 is 1.89 bits per heavy atom. The van der Waals surface area contributed by atoms with Gasteiger partial charge in [-0.05, 0) is 35.4 Å². The Labute approximate surface area is 117 Å². The van der Waals surface area contributed by atoms with Crippen molar-refractivity contribution in [3.8, 4) is 0 Å². The quantitative estimate of drug-likeness (QED) is 0.832. The Balaban J connectivity index is 2.53. The molecule has 1 unspecified atom stereocenters. The van der Waals surface area contributed by atoms with Gasteiger partial charge in [-0.2, -0.15) is 0 Å². The Hall–Kier alpha value is -1.48. The number of fused-ring (bicyclic) bond motifs is 1.